The van der Waals surface area contributed by atoms with Crippen LogP contribution in [0.4, 0.5) is 0 Å². The Labute approximate surface area is 110 Å². The lowest BCUT2D eigenvalue weighted by Crippen LogP contribution is -2.30. The van der Waals surface area contributed by atoms with Gasteiger partial charge in [0.15, 0.2) is 9.84 Å². The van der Waals surface area contributed by atoms with E-state index >= 15 is 0 Å². The van der Waals surface area contributed by atoms with Gasteiger partial charge in [-0.3, -0.25) is 4.79 Å². The lowest BCUT2D eigenvalue weighted by molar-refractivity contribution is -0.151. The lowest BCUT2D eigenvalue weighted by atomic mass is 10.2. The third-order valence-electron chi connectivity index (χ3n) is 1.94. The number of carbonyl (C=O) groups is 1. The first-order chi connectivity index (χ1) is 8.02. The molecule has 0 aliphatic heterocycles. The largest absolute Gasteiger partial charge is 0.459 e. The van der Waals surface area contributed by atoms with E-state index in [0.717, 1.165) is 0 Å². The number of hydrogen-bond acceptors (Lipinski definition) is 5. The predicted molar refractivity (Wildman–Crippen MR) is 72.3 cm³/mol. The number of rotatable bonds is 7. The maximum atomic E-state index is 11.6. The second-order valence-corrected chi connectivity index (χ2v) is 7.82. The van der Waals surface area contributed by atoms with Crippen LogP contribution in [0.1, 0.15) is 41.0 Å². The summed E-state index contributed by atoms with van der Waals surface area (Å²) in [6.07, 6.45) is 0.503. The van der Waals surface area contributed by atoms with Crippen molar-refractivity contribution in [3.05, 3.63) is 0 Å². The maximum Gasteiger partial charge on any atom is 0.321 e. The second-order valence-electron chi connectivity index (χ2n) is 5.64. The molecule has 0 aromatic heterocycles. The summed E-state index contributed by atoms with van der Waals surface area (Å²) >= 11 is 0. The molecule has 5 nitrogen and oxygen atoms in total. The summed E-state index contributed by atoms with van der Waals surface area (Å²) in [7, 11) is -3.37. The number of ether oxygens (including phenoxy) is 1. The molecule has 0 unspecified atom stereocenters. The molecule has 0 aliphatic carbocycles. The van der Waals surface area contributed by atoms with Gasteiger partial charge in [0.2, 0.25) is 0 Å². The summed E-state index contributed by atoms with van der Waals surface area (Å²) in [6, 6.07) is 0.332. The van der Waals surface area contributed by atoms with E-state index in [1.807, 2.05) is 13.8 Å². The van der Waals surface area contributed by atoms with Gasteiger partial charge in [-0.05, 0) is 33.7 Å². The first-order valence-corrected chi connectivity index (χ1v) is 7.99. The number of esters is 1. The van der Waals surface area contributed by atoms with Gasteiger partial charge in [0, 0.05) is 6.04 Å². The van der Waals surface area contributed by atoms with Crippen molar-refractivity contribution in [2.24, 2.45) is 0 Å². The highest BCUT2D eigenvalue weighted by Crippen LogP contribution is 2.08. The van der Waals surface area contributed by atoms with E-state index in [2.05, 4.69) is 5.32 Å². The summed E-state index contributed by atoms with van der Waals surface area (Å²) in [5.74, 6) is -1.21. The third-order valence-corrected chi connectivity index (χ3v) is 3.53. The van der Waals surface area contributed by atoms with Crippen molar-refractivity contribution in [2.75, 3.05) is 18.1 Å². The molecule has 0 aromatic rings. The van der Waals surface area contributed by atoms with E-state index in [1.165, 1.54) is 0 Å². The molecule has 0 bridgehead atoms. The maximum absolute atomic E-state index is 11.6. The average molecular weight is 279 g/mol. The summed E-state index contributed by atoms with van der Waals surface area (Å²) < 4.78 is 28.3. The van der Waals surface area contributed by atoms with Crippen molar-refractivity contribution in [2.45, 2.75) is 52.7 Å². The third kappa shape index (κ3) is 10.5. The van der Waals surface area contributed by atoms with Crippen LogP contribution in [-0.2, 0) is 19.4 Å². The molecule has 6 heteroatoms. The number of carbonyl (C=O) groups excluding carboxylic acids is 1. The molecular weight excluding hydrogens is 254 g/mol. The first-order valence-electron chi connectivity index (χ1n) is 6.17. The van der Waals surface area contributed by atoms with E-state index in [9.17, 15) is 13.2 Å². The summed E-state index contributed by atoms with van der Waals surface area (Å²) in [4.78, 5) is 11.4. The fourth-order valence-corrected chi connectivity index (χ4v) is 2.45. The number of sulfone groups is 1. The zero-order valence-electron chi connectivity index (χ0n) is 11.9. The Morgan fingerprint density at radius 3 is 2.28 bits per heavy atom. The van der Waals surface area contributed by atoms with Crippen LogP contribution in [-0.4, -0.2) is 44.1 Å². The SMILES string of the molecule is CC(C)NCCCS(=O)(=O)CC(=O)OC(C)(C)C. The predicted octanol–water partition coefficient (Wildman–Crippen LogP) is 1.13. The van der Waals surface area contributed by atoms with Crippen molar-refractivity contribution in [3.63, 3.8) is 0 Å². The average Bonchev–Trinajstić information content (AvgIpc) is 2.07. The van der Waals surface area contributed by atoms with E-state index < -0.39 is 27.2 Å². The van der Waals surface area contributed by atoms with Crippen molar-refractivity contribution < 1.29 is 17.9 Å². The second kappa shape index (κ2) is 7.09. The van der Waals surface area contributed by atoms with Gasteiger partial charge < -0.3 is 10.1 Å². The topological polar surface area (TPSA) is 72.5 Å². The van der Waals surface area contributed by atoms with E-state index in [0.29, 0.717) is 19.0 Å². The Hall–Kier alpha value is -0.620. The van der Waals surface area contributed by atoms with Crippen LogP contribution in [0.5, 0.6) is 0 Å². The Balaban J connectivity index is 4.04. The zero-order chi connectivity index (χ0) is 14.4. The monoisotopic (exact) mass is 279 g/mol. The molecule has 0 spiro atoms. The molecule has 0 atom stereocenters. The first kappa shape index (κ1) is 17.4. The minimum Gasteiger partial charge on any atom is -0.459 e. The molecule has 108 valence electrons. The number of nitrogens with one attached hydrogen (secondary N) is 1. The van der Waals surface area contributed by atoms with Crippen LogP contribution in [0.25, 0.3) is 0 Å². The zero-order valence-corrected chi connectivity index (χ0v) is 12.8. The Morgan fingerprint density at radius 2 is 1.83 bits per heavy atom. The van der Waals surface area contributed by atoms with Crippen LogP contribution < -0.4 is 5.32 Å². The van der Waals surface area contributed by atoms with Gasteiger partial charge >= 0.3 is 5.97 Å². The molecule has 0 fully saturated rings. The highest BCUT2D eigenvalue weighted by molar-refractivity contribution is 7.92. The summed E-state index contributed by atoms with van der Waals surface area (Å²) in [6.45, 7) is 9.76. The van der Waals surface area contributed by atoms with Gasteiger partial charge in [0.25, 0.3) is 0 Å². The molecule has 0 aromatic carbocycles. The molecular formula is C12H25NO4S. The summed E-state index contributed by atoms with van der Waals surface area (Å²) in [5.41, 5.74) is -0.647. The minimum atomic E-state index is -3.37. The van der Waals surface area contributed by atoms with Gasteiger partial charge in [-0.1, -0.05) is 13.8 Å². The highest BCUT2D eigenvalue weighted by atomic mass is 32.2. The molecule has 0 aliphatic rings. The van der Waals surface area contributed by atoms with Crippen molar-refractivity contribution in [3.8, 4) is 0 Å². The lowest BCUT2D eigenvalue weighted by Gasteiger charge is -2.19. The quantitative estimate of drug-likeness (QED) is 0.559. The van der Waals surface area contributed by atoms with Crippen molar-refractivity contribution >= 4 is 15.8 Å². The van der Waals surface area contributed by atoms with Crippen LogP contribution in [0, 0.1) is 0 Å². The number of hydrogen-bond donors (Lipinski definition) is 1. The Bertz CT molecular complexity index is 355. The molecule has 0 radical (unpaired) electrons. The van der Waals surface area contributed by atoms with Crippen LogP contribution in [0.3, 0.4) is 0 Å². The molecule has 1 N–H and O–H groups in total. The van der Waals surface area contributed by atoms with Crippen molar-refractivity contribution in [1.29, 1.82) is 0 Å². The van der Waals surface area contributed by atoms with Crippen LogP contribution in [0.2, 0.25) is 0 Å². The molecule has 0 heterocycles. The Kier molecular flexibility index (Phi) is 6.84. The smallest absolute Gasteiger partial charge is 0.321 e. The molecule has 0 saturated heterocycles. The van der Waals surface area contributed by atoms with E-state index in [4.69, 9.17) is 4.74 Å². The van der Waals surface area contributed by atoms with Crippen LogP contribution >= 0.6 is 0 Å². The Morgan fingerprint density at radius 1 is 1.28 bits per heavy atom. The van der Waals surface area contributed by atoms with E-state index in [1.54, 1.807) is 20.8 Å². The van der Waals surface area contributed by atoms with Gasteiger partial charge in [-0.2, -0.15) is 0 Å². The molecule has 18 heavy (non-hydrogen) atoms. The highest BCUT2D eigenvalue weighted by Gasteiger charge is 2.22. The standard InChI is InChI=1S/C12H25NO4S/c1-10(2)13-7-6-8-18(15,16)9-11(14)17-12(3,4)5/h10,13H,6-9H2,1-5H3. The van der Waals surface area contributed by atoms with Gasteiger partial charge in [-0.15, -0.1) is 0 Å². The van der Waals surface area contributed by atoms with Crippen molar-refractivity contribution in [1.82, 2.24) is 5.32 Å². The fourth-order valence-electron chi connectivity index (χ4n) is 1.31. The molecule has 0 saturated carbocycles. The molecule has 0 amide bonds. The van der Waals surface area contributed by atoms with Gasteiger partial charge in [0.05, 0.1) is 5.75 Å². The normalized spacial score (nSPS) is 12.8. The minimum absolute atomic E-state index is 0.00592. The summed E-state index contributed by atoms with van der Waals surface area (Å²) in [5, 5.41) is 3.13. The molecule has 0 rings (SSSR count). The van der Waals surface area contributed by atoms with Gasteiger partial charge in [0.1, 0.15) is 11.4 Å². The van der Waals surface area contributed by atoms with E-state index in [-0.39, 0.29) is 5.75 Å². The van der Waals surface area contributed by atoms with Crippen LogP contribution in [0.15, 0.2) is 0 Å². The fraction of sp³-hybridized carbons (Fsp3) is 0.917. The van der Waals surface area contributed by atoms with Gasteiger partial charge in [-0.25, -0.2) is 8.42 Å².